The molecule has 0 bridgehead atoms. The maximum atomic E-state index is 13.3. The van der Waals surface area contributed by atoms with Gasteiger partial charge in [0.05, 0.1) is 6.61 Å². The Kier molecular flexibility index (Phi) is 5.35. The number of carbonyl (C=O) groups excluding carboxylic acids is 1. The first kappa shape index (κ1) is 14.8. The minimum absolute atomic E-state index is 0.149. The second-order valence-electron chi connectivity index (χ2n) is 5.08. The van der Waals surface area contributed by atoms with Gasteiger partial charge in [-0.25, -0.2) is 4.39 Å². The Morgan fingerprint density at radius 2 is 2.30 bits per heavy atom. The third-order valence-corrected chi connectivity index (χ3v) is 3.35. The molecule has 1 aromatic carbocycles. The van der Waals surface area contributed by atoms with Crippen LogP contribution in [-0.4, -0.2) is 43.1 Å². The van der Waals surface area contributed by atoms with Crippen LogP contribution in [-0.2, 0) is 4.79 Å². The van der Waals surface area contributed by atoms with E-state index in [0.29, 0.717) is 25.5 Å². The van der Waals surface area contributed by atoms with Crippen LogP contribution in [0.15, 0.2) is 24.3 Å². The smallest absolute Gasteiger partial charge is 0.222 e. The molecule has 0 spiro atoms. The highest BCUT2D eigenvalue weighted by Gasteiger charge is 2.19. The number of halogens is 1. The van der Waals surface area contributed by atoms with E-state index in [1.165, 1.54) is 6.07 Å². The quantitative estimate of drug-likeness (QED) is 0.836. The molecular formula is C15H21FN2O2. The summed E-state index contributed by atoms with van der Waals surface area (Å²) < 4.78 is 18.6. The lowest BCUT2D eigenvalue weighted by molar-refractivity contribution is -0.132. The maximum Gasteiger partial charge on any atom is 0.222 e. The van der Waals surface area contributed by atoms with Crippen molar-refractivity contribution >= 4 is 5.91 Å². The van der Waals surface area contributed by atoms with E-state index < -0.39 is 0 Å². The van der Waals surface area contributed by atoms with Gasteiger partial charge in [0.2, 0.25) is 5.91 Å². The molecule has 1 heterocycles. The molecule has 5 heteroatoms. The third kappa shape index (κ3) is 4.20. The van der Waals surface area contributed by atoms with Crippen molar-refractivity contribution in [1.29, 1.82) is 0 Å². The first-order valence-corrected chi connectivity index (χ1v) is 7.05. The van der Waals surface area contributed by atoms with Crippen LogP contribution in [0.3, 0.4) is 0 Å². The number of carbonyl (C=O) groups is 1. The fourth-order valence-electron chi connectivity index (χ4n) is 2.28. The number of nitrogens with zero attached hydrogens (tertiary/aromatic N) is 1. The SMILES string of the molecule is C[C@H]1CN(C(=O)CCCOc2ccccc2F)CCN1. The molecule has 0 unspecified atom stereocenters. The summed E-state index contributed by atoms with van der Waals surface area (Å²) in [7, 11) is 0. The van der Waals surface area contributed by atoms with Crippen LogP contribution in [0.1, 0.15) is 19.8 Å². The first-order chi connectivity index (χ1) is 9.66. The lowest BCUT2D eigenvalue weighted by Crippen LogP contribution is -2.51. The zero-order valence-corrected chi connectivity index (χ0v) is 11.8. The molecule has 20 heavy (non-hydrogen) atoms. The Balaban J connectivity index is 1.68. The van der Waals surface area contributed by atoms with Gasteiger partial charge in [-0.1, -0.05) is 12.1 Å². The Labute approximate surface area is 118 Å². The van der Waals surface area contributed by atoms with E-state index in [0.717, 1.165) is 19.6 Å². The largest absolute Gasteiger partial charge is 0.491 e. The van der Waals surface area contributed by atoms with E-state index in [9.17, 15) is 9.18 Å². The number of hydrogen-bond donors (Lipinski definition) is 1. The van der Waals surface area contributed by atoms with Crippen LogP contribution in [0.25, 0.3) is 0 Å². The molecule has 0 aromatic heterocycles. The van der Waals surface area contributed by atoms with Crippen molar-refractivity contribution in [1.82, 2.24) is 10.2 Å². The number of amides is 1. The van der Waals surface area contributed by atoms with E-state index >= 15 is 0 Å². The van der Waals surface area contributed by atoms with Gasteiger partial charge in [0.1, 0.15) is 0 Å². The monoisotopic (exact) mass is 280 g/mol. The van der Waals surface area contributed by atoms with Crippen molar-refractivity contribution in [2.24, 2.45) is 0 Å². The molecule has 110 valence electrons. The Morgan fingerprint density at radius 1 is 1.50 bits per heavy atom. The van der Waals surface area contributed by atoms with Crippen molar-refractivity contribution in [3.05, 3.63) is 30.1 Å². The third-order valence-electron chi connectivity index (χ3n) is 3.35. The molecule has 1 fully saturated rings. The molecule has 1 atom stereocenters. The van der Waals surface area contributed by atoms with E-state index in [4.69, 9.17) is 4.74 Å². The lowest BCUT2D eigenvalue weighted by Gasteiger charge is -2.32. The number of rotatable bonds is 5. The minimum atomic E-state index is -0.366. The molecule has 1 aliphatic heterocycles. The highest BCUT2D eigenvalue weighted by molar-refractivity contribution is 5.76. The Morgan fingerprint density at radius 3 is 3.05 bits per heavy atom. The van der Waals surface area contributed by atoms with Gasteiger partial charge in [-0.15, -0.1) is 0 Å². The van der Waals surface area contributed by atoms with E-state index in [1.807, 2.05) is 4.90 Å². The molecule has 0 saturated carbocycles. The molecule has 1 aliphatic rings. The normalized spacial score (nSPS) is 18.9. The van der Waals surface area contributed by atoms with Gasteiger partial charge in [0.15, 0.2) is 11.6 Å². The summed E-state index contributed by atoms with van der Waals surface area (Å²) in [5.74, 6) is 0.0287. The molecule has 0 aliphatic carbocycles. The van der Waals surface area contributed by atoms with Crippen LogP contribution in [0.4, 0.5) is 4.39 Å². The van der Waals surface area contributed by atoms with Gasteiger partial charge in [-0.05, 0) is 25.5 Å². The Hall–Kier alpha value is -1.62. The van der Waals surface area contributed by atoms with Crippen LogP contribution in [0.5, 0.6) is 5.75 Å². The van der Waals surface area contributed by atoms with Crippen LogP contribution in [0, 0.1) is 5.82 Å². The zero-order chi connectivity index (χ0) is 14.4. The lowest BCUT2D eigenvalue weighted by atomic mass is 10.2. The fraction of sp³-hybridized carbons (Fsp3) is 0.533. The Bertz CT molecular complexity index is 453. The van der Waals surface area contributed by atoms with Gasteiger partial charge in [-0.3, -0.25) is 4.79 Å². The molecule has 0 radical (unpaired) electrons. The number of piperazine rings is 1. The van der Waals surface area contributed by atoms with Gasteiger partial charge in [-0.2, -0.15) is 0 Å². The molecule has 1 saturated heterocycles. The van der Waals surface area contributed by atoms with Gasteiger partial charge in [0, 0.05) is 32.1 Å². The summed E-state index contributed by atoms with van der Waals surface area (Å²) in [6.45, 7) is 4.79. The summed E-state index contributed by atoms with van der Waals surface area (Å²) in [5.41, 5.74) is 0. The number of ether oxygens (including phenoxy) is 1. The van der Waals surface area contributed by atoms with Crippen LogP contribution < -0.4 is 10.1 Å². The molecule has 1 aromatic rings. The van der Waals surface area contributed by atoms with Gasteiger partial charge < -0.3 is 15.0 Å². The molecule has 2 rings (SSSR count). The minimum Gasteiger partial charge on any atom is -0.491 e. The summed E-state index contributed by atoms with van der Waals surface area (Å²) in [4.78, 5) is 13.9. The molecule has 4 nitrogen and oxygen atoms in total. The fourth-order valence-corrected chi connectivity index (χ4v) is 2.28. The first-order valence-electron chi connectivity index (χ1n) is 7.05. The number of nitrogens with one attached hydrogen (secondary N) is 1. The predicted molar refractivity (Wildman–Crippen MR) is 75.2 cm³/mol. The summed E-state index contributed by atoms with van der Waals surface area (Å²) in [5, 5.41) is 3.30. The average molecular weight is 280 g/mol. The van der Waals surface area contributed by atoms with Crippen molar-refractivity contribution < 1.29 is 13.9 Å². The van der Waals surface area contributed by atoms with Crippen LogP contribution >= 0.6 is 0 Å². The maximum absolute atomic E-state index is 13.3. The van der Waals surface area contributed by atoms with E-state index in [2.05, 4.69) is 12.2 Å². The van der Waals surface area contributed by atoms with Crippen molar-refractivity contribution in [2.45, 2.75) is 25.8 Å². The molecule has 1 N–H and O–H groups in total. The van der Waals surface area contributed by atoms with Crippen molar-refractivity contribution in [2.75, 3.05) is 26.2 Å². The molecule has 1 amide bonds. The van der Waals surface area contributed by atoms with Gasteiger partial charge in [0.25, 0.3) is 0 Å². The standard InChI is InChI=1S/C15H21FN2O2/c1-12-11-18(9-8-17-12)15(19)7-4-10-20-14-6-3-2-5-13(14)16/h2-3,5-6,12,17H,4,7-11H2,1H3/t12-/m0/s1. The highest BCUT2D eigenvalue weighted by Crippen LogP contribution is 2.15. The van der Waals surface area contributed by atoms with Crippen molar-refractivity contribution in [3.63, 3.8) is 0 Å². The second-order valence-corrected chi connectivity index (χ2v) is 5.08. The van der Waals surface area contributed by atoms with Crippen LogP contribution in [0.2, 0.25) is 0 Å². The number of hydrogen-bond acceptors (Lipinski definition) is 3. The van der Waals surface area contributed by atoms with E-state index in [-0.39, 0.29) is 17.5 Å². The average Bonchev–Trinajstić information content (AvgIpc) is 2.45. The highest BCUT2D eigenvalue weighted by atomic mass is 19.1. The van der Waals surface area contributed by atoms with E-state index in [1.54, 1.807) is 18.2 Å². The topological polar surface area (TPSA) is 41.6 Å². The number of para-hydroxylation sites is 1. The predicted octanol–water partition coefficient (Wildman–Crippen LogP) is 1.80. The molecular weight excluding hydrogens is 259 g/mol. The van der Waals surface area contributed by atoms with Gasteiger partial charge >= 0.3 is 0 Å². The summed E-state index contributed by atoms with van der Waals surface area (Å²) >= 11 is 0. The summed E-state index contributed by atoms with van der Waals surface area (Å²) in [6, 6.07) is 6.66. The second kappa shape index (κ2) is 7.24. The zero-order valence-electron chi connectivity index (χ0n) is 11.8. The summed E-state index contributed by atoms with van der Waals surface area (Å²) in [6.07, 6.45) is 1.05. The van der Waals surface area contributed by atoms with Crippen molar-refractivity contribution in [3.8, 4) is 5.75 Å². The number of benzene rings is 1.